The molecule has 144 valence electrons. The molecule has 0 saturated carbocycles. The first-order chi connectivity index (χ1) is 13.7. The number of hydrogen-bond donors (Lipinski definition) is 1. The first kappa shape index (κ1) is 19.8. The SMILES string of the molecule is CCN(Cc1cccs1)C(=O)CC(NC(=O)c1ccccc1)c1ccccc1. The molecule has 28 heavy (non-hydrogen) atoms. The van der Waals surface area contributed by atoms with E-state index in [9.17, 15) is 9.59 Å². The van der Waals surface area contributed by atoms with E-state index in [1.165, 1.54) is 0 Å². The van der Waals surface area contributed by atoms with Gasteiger partial charge in [-0.3, -0.25) is 9.59 Å². The molecule has 1 atom stereocenters. The van der Waals surface area contributed by atoms with Crippen LogP contribution in [-0.4, -0.2) is 23.3 Å². The lowest BCUT2D eigenvalue weighted by molar-refractivity contribution is -0.132. The van der Waals surface area contributed by atoms with Gasteiger partial charge in [0.1, 0.15) is 0 Å². The van der Waals surface area contributed by atoms with E-state index >= 15 is 0 Å². The van der Waals surface area contributed by atoms with Crippen molar-refractivity contribution < 1.29 is 9.59 Å². The molecule has 2 aromatic carbocycles. The number of benzene rings is 2. The molecule has 3 rings (SSSR count). The maximum Gasteiger partial charge on any atom is 0.251 e. The lowest BCUT2D eigenvalue weighted by Gasteiger charge is -2.25. The predicted octanol–water partition coefficient (Wildman–Crippen LogP) is 4.66. The summed E-state index contributed by atoms with van der Waals surface area (Å²) in [4.78, 5) is 28.6. The van der Waals surface area contributed by atoms with Crippen LogP contribution < -0.4 is 5.32 Å². The van der Waals surface area contributed by atoms with E-state index in [1.54, 1.807) is 23.5 Å². The summed E-state index contributed by atoms with van der Waals surface area (Å²) >= 11 is 1.64. The highest BCUT2D eigenvalue weighted by Crippen LogP contribution is 2.20. The number of thiophene rings is 1. The summed E-state index contributed by atoms with van der Waals surface area (Å²) in [6.07, 6.45) is 0.224. The van der Waals surface area contributed by atoms with Gasteiger partial charge in [0.05, 0.1) is 19.0 Å². The van der Waals surface area contributed by atoms with Crippen molar-refractivity contribution in [1.82, 2.24) is 10.2 Å². The third-order valence-corrected chi connectivity index (χ3v) is 5.44. The first-order valence-corrected chi connectivity index (χ1v) is 10.3. The van der Waals surface area contributed by atoms with Crippen LogP contribution in [0.1, 0.15) is 40.2 Å². The van der Waals surface area contributed by atoms with Crippen molar-refractivity contribution in [3.05, 3.63) is 94.2 Å². The lowest BCUT2D eigenvalue weighted by atomic mass is 10.0. The zero-order chi connectivity index (χ0) is 19.8. The van der Waals surface area contributed by atoms with Crippen molar-refractivity contribution in [2.45, 2.75) is 25.9 Å². The number of hydrogen-bond acceptors (Lipinski definition) is 3. The Morgan fingerprint density at radius 1 is 0.964 bits per heavy atom. The fourth-order valence-electron chi connectivity index (χ4n) is 3.04. The van der Waals surface area contributed by atoms with E-state index in [4.69, 9.17) is 0 Å². The highest BCUT2D eigenvalue weighted by Gasteiger charge is 2.22. The van der Waals surface area contributed by atoms with Crippen LogP contribution in [0.25, 0.3) is 0 Å². The fraction of sp³-hybridized carbons (Fsp3) is 0.217. The summed E-state index contributed by atoms with van der Waals surface area (Å²) < 4.78 is 0. The Hall–Kier alpha value is -2.92. The number of amides is 2. The minimum atomic E-state index is -0.376. The van der Waals surface area contributed by atoms with Gasteiger partial charge in [0.15, 0.2) is 0 Å². The Bertz CT molecular complexity index is 879. The van der Waals surface area contributed by atoms with Gasteiger partial charge >= 0.3 is 0 Å². The van der Waals surface area contributed by atoms with E-state index in [2.05, 4.69) is 5.32 Å². The van der Waals surface area contributed by atoms with Crippen molar-refractivity contribution in [1.29, 1.82) is 0 Å². The monoisotopic (exact) mass is 392 g/mol. The molecular formula is C23H24N2O2S. The van der Waals surface area contributed by atoms with Crippen LogP contribution in [0.15, 0.2) is 78.2 Å². The number of rotatable bonds is 8. The molecule has 0 bridgehead atoms. The summed E-state index contributed by atoms with van der Waals surface area (Å²) in [7, 11) is 0. The third kappa shape index (κ3) is 5.30. The van der Waals surface area contributed by atoms with Crippen molar-refractivity contribution >= 4 is 23.2 Å². The second-order valence-electron chi connectivity index (χ2n) is 6.49. The van der Waals surface area contributed by atoms with Crippen molar-refractivity contribution in [2.75, 3.05) is 6.54 Å². The zero-order valence-corrected chi connectivity index (χ0v) is 16.7. The predicted molar refractivity (Wildman–Crippen MR) is 113 cm³/mol. The molecule has 3 aromatic rings. The quantitative estimate of drug-likeness (QED) is 0.606. The Kier molecular flexibility index (Phi) is 6.98. The van der Waals surface area contributed by atoms with E-state index in [-0.39, 0.29) is 24.3 Å². The average Bonchev–Trinajstić information content (AvgIpc) is 3.26. The lowest BCUT2D eigenvalue weighted by Crippen LogP contribution is -2.36. The maximum absolute atomic E-state index is 13.0. The minimum absolute atomic E-state index is 0.0260. The summed E-state index contributed by atoms with van der Waals surface area (Å²) in [6, 6.07) is 22.4. The summed E-state index contributed by atoms with van der Waals surface area (Å²) in [5.74, 6) is -0.151. The van der Waals surface area contributed by atoms with Gasteiger partial charge in [-0.2, -0.15) is 0 Å². The van der Waals surface area contributed by atoms with Gasteiger partial charge < -0.3 is 10.2 Å². The van der Waals surface area contributed by atoms with Gasteiger partial charge in [-0.1, -0.05) is 54.6 Å². The summed E-state index contributed by atoms with van der Waals surface area (Å²) in [5.41, 5.74) is 1.51. The molecule has 4 nitrogen and oxygen atoms in total. The molecule has 0 aliphatic heterocycles. The van der Waals surface area contributed by atoms with Gasteiger partial charge in [0.25, 0.3) is 5.91 Å². The van der Waals surface area contributed by atoms with Crippen LogP contribution in [0.5, 0.6) is 0 Å². The molecule has 1 N–H and O–H groups in total. The standard InChI is InChI=1S/C23H24N2O2S/c1-2-25(17-20-14-9-15-28-20)22(26)16-21(18-10-5-3-6-11-18)24-23(27)19-12-7-4-8-13-19/h3-15,21H,2,16-17H2,1H3,(H,24,27). The second-order valence-corrected chi connectivity index (χ2v) is 7.53. The summed E-state index contributed by atoms with van der Waals surface area (Å²) in [5, 5.41) is 5.05. The van der Waals surface area contributed by atoms with Crippen LogP contribution in [0, 0.1) is 0 Å². The van der Waals surface area contributed by atoms with Crippen LogP contribution in [-0.2, 0) is 11.3 Å². The smallest absolute Gasteiger partial charge is 0.251 e. The number of nitrogens with one attached hydrogen (secondary N) is 1. The molecule has 1 unspecified atom stereocenters. The van der Waals surface area contributed by atoms with Crippen LogP contribution in [0.2, 0.25) is 0 Å². The largest absolute Gasteiger partial charge is 0.345 e. The molecule has 1 aromatic heterocycles. The molecule has 0 fully saturated rings. The molecule has 2 amide bonds. The second kappa shape index (κ2) is 9.85. The Morgan fingerprint density at radius 3 is 2.25 bits per heavy atom. The van der Waals surface area contributed by atoms with Gasteiger partial charge in [-0.15, -0.1) is 11.3 Å². The van der Waals surface area contributed by atoms with E-state index in [1.807, 2.05) is 77.9 Å². The topological polar surface area (TPSA) is 49.4 Å². The normalized spacial score (nSPS) is 11.6. The molecular weight excluding hydrogens is 368 g/mol. The number of carbonyl (C=O) groups excluding carboxylic acids is 2. The van der Waals surface area contributed by atoms with Crippen LogP contribution in [0.3, 0.4) is 0 Å². The molecule has 0 spiro atoms. The fourth-order valence-corrected chi connectivity index (χ4v) is 3.76. The molecule has 0 saturated heterocycles. The third-order valence-electron chi connectivity index (χ3n) is 4.58. The maximum atomic E-state index is 13.0. The highest BCUT2D eigenvalue weighted by atomic mass is 32.1. The molecule has 1 heterocycles. The Balaban J connectivity index is 1.75. The van der Waals surface area contributed by atoms with Crippen molar-refractivity contribution in [3.8, 4) is 0 Å². The van der Waals surface area contributed by atoms with Crippen LogP contribution in [0.4, 0.5) is 0 Å². The minimum Gasteiger partial charge on any atom is -0.345 e. The van der Waals surface area contributed by atoms with Crippen molar-refractivity contribution in [2.24, 2.45) is 0 Å². The van der Waals surface area contributed by atoms with Crippen LogP contribution >= 0.6 is 11.3 Å². The molecule has 0 aliphatic rings. The van der Waals surface area contributed by atoms with Gasteiger partial charge in [-0.25, -0.2) is 0 Å². The first-order valence-electron chi connectivity index (χ1n) is 9.38. The van der Waals surface area contributed by atoms with E-state index < -0.39 is 0 Å². The zero-order valence-electron chi connectivity index (χ0n) is 15.9. The van der Waals surface area contributed by atoms with Gasteiger partial charge in [0.2, 0.25) is 5.91 Å². The van der Waals surface area contributed by atoms with E-state index in [0.717, 1.165) is 10.4 Å². The van der Waals surface area contributed by atoms with Gasteiger partial charge in [-0.05, 0) is 36.1 Å². The molecule has 0 aliphatic carbocycles. The Morgan fingerprint density at radius 2 is 1.64 bits per heavy atom. The summed E-state index contributed by atoms with van der Waals surface area (Å²) in [6.45, 7) is 3.21. The van der Waals surface area contributed by atoms with Gasteiger partial charge in [0, 0.05) is 17.0 Å². The molecule has 5 heteroatoms. The van der Waals surface area contributed by atoms with E-state index in [0.29, 0.717) is 18.7 Å². The number of nitrogens with zero attached hydrogens (tertiary/aromatic N) is 1. The molecule has 0 radical (unpaired) electrons. The highest BCUT2D eigenvalue weighted by molar-refractivity contribution is 7.09. The Labute approximate surface area is 169 Å². The number of carbonyl (C=O) groups is 2. The average molecular weight is 393 g/mol. The van der Waals surface area contributed by atoms with Crippen molar-refractivity contribution in [3.63, 3.8) is 0 Å².